The second kappa shape index (κ2) is 39.1. The summed E-state index contributed by atoms with van der Waals surface area (Å²) in [7, 11) is -4.02. The van der Waals surface area contributed by atoms with Gasteiger partial charge in [-0.2, -0.15) is 8.42 Å². The summed E-state index contributed by atoms with van der Waals surface area (Å²) in [5, 5.41) is 18.4. The first kappa shape index (κ1) is 66.5. The average Bonchev–Trinajstić information content (AvgIpc) is 3.29. The largest absolute Gasteiger partial charge is 0.394 e. The molecular formula is C49H94O18S. The summed E-state index contributed by atoms with van der Waals surface area (Å²) in [4.78, 5) is -0.0666. The van der Waals surface area contributed by atoms with E-state index in [2.05, 4.69) is 0 Å². The van der Waals surface area contributed by atoms with Crippen molar-refractivity contribution in [2.45, 2.75) is 194 Å². The third kappa shape index (κ3) is 39.2. The minimum atomic E-state index is -4.02. The quantitative estimate of drug-likeness (QED) is 0.0655. The second-order valence-electron chi connectivity index (χ2n) is 18.2. The maximum absolute atomic E-state index is 10.5. The van der Waals surface area contributed by atoms with Crippen LogP contribution in [0.5, 0.6) is 0 Å². The lowest BCUT2D eigenvalue weighted by molar-refractivity contribution is -0.115. The highest BCUT2D eigenvalue weighted by Crippen LogP contribution is 2.10. The van der Waals surface area contributed by atoms with Gasteiger partial charge in [0, 0.05) is 0 Å². The van der Waals surface area contributed by atoms with Crippen LogP contribution in [0.3, 0.4) is 0 Å². The number of ether oxygens (including phenoxy) is 13. The van der Waals surface area contributed by atoms with Gasteiger partial charge >= 0.3 is 0 Å². The van der Waals surface area contributed by atoms with Gasteiger partial charge in [0.25, 0.3) is 10.1 Å². The Balaban J connectivity index is 0.00000354. The number of benzene rings is 1. The fourth-order valence-corrected chi connectivity index (χ4v) is 5.72. The van der Waals surface area contributed by atoms with Gasteiger partial charge in [0.15, 0.2) is 0 Å². The lowest BCUT2D eigenvalue weighted by Crippen LogP contribution is -2.31. The van der Waals surface area contributed by atoms with Gasteiger partial charge in [0.1, 0.15) is 0 Å². The van der Waals surface area contributed by atoms with Crippen LogP contribution in [0.25, 0.3) is 0 Å². The Labute approximate surface area is 410 Å². The van der Waals surface area contributed by atoms with Crippen LogP contribution in [0.4, 0.5) is 0 Å². The summed E-state index contributed by atoms with van der Waals surface area (Å²) in [6.45, 7) is 34.6. The average molecular weight is 1000 g/mol. The van der Waals surface area contributed by atoms with Crippen molar-refractivity contribution in [1.29, 1.82) is 0 Å². The summed E-state index contributed by atoms with van der Waals surface area (Å²) >= 11 is 0. The summed E-state index contributed by atoms with van der Waals surface area (Å²) in [6.07, 6.45) is -1.79. The maximum atomic E-state index is 10.5. The van der Waals surface area contributed by atoms with Crippen molar-refractivity contribution < 1.29 is 84.8 Å². The van der Waals surface area contributed by atoms with Crippen LogP contribution in [-0.4, -0.2) is 201 Å². The molecule has 0 aromatic heterocycles. The van der Waals surface area contributed by atoms with Crippen LogP contribution in [0, 0.1) is 6.92 Å². The Hall–Kier alpha value is -1.47. The molecule has 0 bridgehead atoms. The van der Waals surface area contributed by atoms with Crippen LogP contribution in [0.2, 0.25) is 0 Å². The number of aliphatic hydroxyl groups is 2. The Kier molecular flexibility index (Phi) is 38.3. The lowest BCUT2D eigenvalue weighted by atomic mass is 10.2. The number of aliphatic hydroxyl groups excluding tert-OH is 2. The topological polar surface area (TPSA) is 215 Å². The van der Waals surface area contributed by atoms with Crippen molar-refractivity contribution in [3.63, 3.8) is 0 Å². The van der Waals surface area contributed by atoms with E-state index in [1.165, 1.54) is 12.1 Å². The second-order valence-corrected chi connectivity index (χ2v) is 19.6. The van der Waals surface area contributed by atoms with Crippen molar-refractivity contribution >= 4 is 10.1 Å². The molecule has 1 aromatic rings. The molecule has 3 N–H and O–H groups in total. The predicted molar refractivity (Wildman–Crippen MR) is 260 cm³/mol. The highest BCUT2D eigenvalue weighted by atomic mass is 32.2. The molecule has 1 aromatic carbocycles. The summed E-state index contributed by atoms with van der Waals surface area (Å²) in [5.74, 6) is 0. The molecule has 68 heavy (non-hydrogen) atoms. The van der Waals surface area contributed by atoms with Gasteiger partial charge < -0.3 is 71.8 Å². The lowest BCUT2D eigenvalue weighted by Gasteiger charge is -2.23. The molecule has 19 heteroatoms. The molecule has 0 amide bonds. The Morgan fingerprint density at radius 3 is 0.691 bits per heavy atom. The molecule has 0 aliphatic carbocycles. The van der Waals surface area contributed by atoms with Gasteiger partial charge in [-0.3, -0.25) is 4.55 Å². The van der Waals surface area contributed by atoms with Crippen molar-refractivity contribution in [2.75, 3.05) is 92.5 Å². The molecule has 0 heterocycles. The van der Waals surface area contributed by atoms with E-state index in [9.17, 15) is 13.5 Å². The van der Waals surface area contributed by atoms with E-state index in [1.807, 2.05) is 96.9 Å². The van der Waals surface area contributed by atoms with E-state index in [4.69, 9.17) is 71.2 Å². The zero-order chi connectivity index (χ0) is 51.7. The van der Waals surface area contributed by atoms with Crippen LogP contribution < -0.4 is 0 Å². The predicted octanol–water partition coefficient (Wildman–Crippen LogP) is 5.87. The fourth-order valence-electron chi connectivity index (χ4n) is 5.24. The normalized spacial score (nSPS) is 18.4. The van der Waals surface area contributed by atoms with Gasteiger partial charge in [-0.15, -0.1) is 0 Å². The van der Waals surface area contributed by atoms with Gasteiger partial charge in [-0.1, -0.05) is 17.7 Å². The molecular weight excluding hydrogens is 909 g/mol. The Morgan fingerprint density at radius 2 is 0.529 bits per heavy atom. The van der Waals surface area contributed by atoms with Gasteiger partial charge in [0.2, 0.25) is 0 Å². The van der Waals surface area contributed by atoms with Crippen LogP contribution in [0.15, 0.2) is 29.2 Å². The fraction of sp³-hybridized carbons (Fsp3) is 0.878. The molecule has 14 atom stereocenters. The third-order valence-electron chi connectivity index (χ3n) is 9.58. The molecule has 0 radical (unpaired) electrons. The summed E-state index contributed by atoms with van der Waals surface area (Å²) in [6, 6.07) is 5.99. The van der Waals surface area contributed by atoms with E-state index in [-0.39, 0.29) is 90.9 Å². The zero-order valence-electron chi connectivity index (χ0n) is 44.2. The number of hydrogen-bond acceptors (Lipinski definition) is 17. The molecule has 404 valence electrons. The Bertz CT molecular complexity index is 1420. The molecule has 0 aliphatic heterocycles. The van der Waals surface area contributed by atoms with Gasteiger partial charge in [-0.05, 0) is 116 Å². The first-order chi connectivity index (χ1) is 31.9. The molecule has 0 fully saturated rings. The molecule has 18 nitrogen and oxygen atoms in total. The zero-order valence-corrected chi connectivity index (χ0v) is 45.0. The van der Waals surface area contributed by atoms with Crippen LogP contribution >= 0.6 is 0 Å². The number of aryl methyl sites for hydroxylation is 1. The van der Waals surface area contributed by atoms with Crippen LogP contribution in [0.1, 0.15) is 102 Å². The van der Waals surface area contributed by atoms with Crippen molar-refractivity contribution in [3.8, 4) is 0 Å². The standard InChI is InChI=1S/C42H86O15.C7H8O3S/c1-29(44)16-45-31(3)18-47-33(5)20-49-35(7)22-51-37(9)24-53-39(11)26-55-41(13)28-57-42(14)27-56-40(12)25-54-38(10)23-52-36(8)21-50-34(6)19-48-32(4)17-46-30(2)15-43;1-6-2-4-7(5-3-6)11(8,9)10/h29-44H,15-28H2,1-14H3;2-5H,1H3,(H,8,9,10). The highest BCUT2D eigenvalue weighted by molar-refractivity contribution is 7.85. The summed E-state index contributed by atoms with van der Waals surface area (Å²) < 4.78 is 105. The summed E-state index contributed by atoms with van der Waals surface area (Å²) in [5.41, 5.74) is 0.956. The van der Waals surface area contributed by atoms with Crippen molar-refractivity contribution in [2.24, 2.45) is 0 Å². The van der Waals surface area contributed by atoms with Gasteiger partial charge in [0.05, 0.1) is 183 Å². The van der Waals surface area contributed by atoms with E-state index < -0.39 is 16.2 Å². The van der Waals surface area contributed by atoms with E-state index in [0.717, 1.165) is 5.56 Å². The minimum Gasteiger partial charge on any atom is -0.394 e. The molecule has 0 saturated heterocycles. The molecule has 1 rings (SSSR count). The molecule has 0 spiro atoms. The molecule has 14 unspecified atom stereocenters. The SMILES string of the molecule is CC(O)COC(C)COC(C)COC(C)COC(C)COC(C)COC(C)COC(C)COC(C)COC(C)COC(C)COC(C)COC(C)COC(C)CO.Cc1ccc(S(=O)(=O)O)cc1. The van der Waals surface area contributed by atoms with Gasteiger partial charge in [-0.25, -0.2) is 0 Å². The van der Waals surface area contributed by atoms with E-state index in [0.29, 0.717) is 85.9 Å². The minimum absolute atomic E-state index is 0.00876. The molecule has 0 saturated carbocycles. The third-order valence-corrected chi connectivity index (χ3v) is 10.5. The Morgan fingerprint density at radius 1 is 0.353 bits per heavy atom. The number of hydrogen-bond donors (Lipinski definition) is 3. The van der Waals surface area contributed by atoms with E-state index >= 15 is 0 Å². The van der Waals surface area contributed by atoms with E-state index in [1.54, 1.807) is 19.1 Å². The molecule has 0 aliphatic rings. The smallest absolute Gasteiger partial charge is 0.294 e. The maximum Gasteiger partial charge on any atom is 0.294 e. The first-order valence-electron chi connectivity index (χ1n) is 24.2. The first-order valence-corrected chi connectivity index (χ1v) is 25.7. The van der Waals surface area contributed by atoms with Crippen molar-refractivity contribution in [3.05, 3.63) is 29.8 Å². The highest BCUT2D eigenvalue weighted by Gasteiger charge is 2.17. The number of rotatable bonds is 41. The van der Waals surface area contributed by atoms with Crippen molar-refractivity contribution in [1.82, 2.24) is 0 Å². The van der Waals surface area contributed by atoms with Crippen LogP contribution in [-0.2, 0) is 71.7 Å². The monoisotopic (exact) mass is 1000 g/mol.